The number of hydrogen-bond donors (Lipinski definition) is 2. The summed E-state index contributed by atoms with van der Waals surface area (Å²) in [6.07, 6.45) is 0.210. The molecule has 2 fully saturated rings. The molecular weight excluding hydrogens is 386 g/mol. The number of nitrogens with one attached hydrogen (secondary N) is 1. The van der Waals surface area contributed by atoms with E-state index in [0.717, 1.165) is 36.8 Å². The van der Waals surface area contributed by atoms with Gasteiger partial charge in [-0.2, -0.15) is 0 Å². The zero-order valence-electron chi connectivity index (χ0n) is 17.1. The minimum absolute atomic E-state index is 0.166. The van der Waals surface area contributed by atoms with Crippen molar-refractivity contribution in [3.63, 3.8) is 0 Å². The van der Waals surface area contributed by atoms with Crippen molar-refractivity contribution in [2.45, 2.75) is 12.5 Å². The van der Waals surface area contributed by atoms with Crippen LogP contribution in [-0.2, 0) is 9.59 Å². The van der Waals surface area contributed by atoms with Crippen LogP contribution in [0.15, 0.2) is 42.5 Å². The molecule has 1 atom stereocenters. The fourth-order valence-corrected chi connectivity index (χ4v) is 4.25. The number of amides is 2. The summed E-state index contributed by atoms with van der Waals surface area (Å²) < 4.78 is 10.6. The number of rotatable bonds is 5. The van der Waals surface area contributed by atoms with E-state index in [4.69, 9.17) is 9.47 Å². The van der Waals surface area contributed by atoms with E-state index in [1.54, 1.807) is 37.4 Å². The van der Waals surface area contributed by atoms with Crippen molar-refractivity contribution >= 4 is 23.2 Å². The molecule has 0 unspecified atom stereocenters. The largest absolute Gasteiger partial charge is 0.508 e. The average Bonchev–Trinajstić information content (AvgIpc) is 3.07. The first-order valence-electron chi connectivity index (χ1n) is 9.99. The van der Waals surface area contributed by atoms with E-state index in [-0.39, 0.29) is 30.0 Å². The fraction of sp³-hybridized carbons (Fsp3) is 0.364. The van der Waals surface area contributed by atoms with Crippen LogP contribution in [0.3, 0.4) is 0 Å². The Kier molecular flexibility index (Phi) is 5.50. The number of hydrogen-bond acceptors (Lipinski definition) is 6. The standard InChI is InChI=1S/C22H25N3O5/c1-29-19-8-5-16(13-20(19)30-2)25-21(27)14-18(22(25)28)24-11-9-23(10-12-24)15-3-6-17(26)7-4-15/h3-8,13,18,26H,9-12,14H2,1-2H3/p+1/t18-/m1/s1. The van der Waals surface area contributed by atoms with Crippen LogP contribution >= 0.6 is 0 Å². The van der Waals surface area contributed by atoms with E-state index in [9.17, 15) is 14.7 Å². The first-order valence-corrected chi connectivity index (χ1v) is 9.99. The van der Waals surface area contributed by atoms with Gasteiger partial charge in [0.25, 0.3) is 5.91 Å². The number of nitrogens with zero attached hydrogens (tertiary/aromatic N) is 2. The Hall–Kier alpha value is -3.26. The van der Waals surface area contributed by atoms with Crippen molar-refractivity contribution in [1.29, 1.82) is 0 Å². The van der Waals surface area contributed by atoms with Gasteiger partial charge in [0.2, 0.25) is 5.91 Å². The molecule has 0 aromatic heterocycles. The molecule has 0 radical (unpaired) electrons. The van der Waals surface area contributed by atoms with E-state index in [2.05, 4.69) is 4.90 Å². The van der Waals surface area contributed by atoms with Crippen LogP contribution in [0.5, 0.6) is 17.2 Å². The molecule has 158 valence electrons. The molecular formula is C22H26N3O5+. The van der Waals surface area contributed by atoms with Crippen molar-refractivity contribution in [2.24, 2.45) is 0 Å². The van der Waals surface area contributed by atoms with Crippen molar-refractivity contribution in [3.05, 3.63) is 42.5 Å². The summed E-state index contributed by atoms with van der Waals surface area (Å²) in [5.74, 6) is 0.918. The van der Waals surface area contributed by atoms with Crippen LogP contribution in [0.4, 0.5) is 11.4 Å². The van der Waals surface area contributed by atoms with Gasteiger partial charge >= 0.3 is 0 Å². The fourth-order valence-electron chi connectivity index (χ4n) is 4.25. The number of phenols is 1. The summed E-state index contributed by atoms with van der Waals surface area (Å²) in [7, 11) is 3.07. The van der Waals surface area contributed by atoms with E-state index in [1.807, 2.05) is 12.1 Å². The van der Waals surface area contributed by atoms with Gasteiger partial charge in [0.05, 0.1) is 52.5 Å². The number of methoxy groups -OCH3 is 2. The highest BCUT2D eigenvalue weighted by Crippen LogP contribution is 2.33. The zero-order valence-corrected chi connectivity index (χ0v) is 17.1. The van der Waals surface area contributed by atoms with E-state index in [0.29, 0.717) is 17.2 Å². The zero-order chi connectivity index (χ0) is 21.3. The normalized spacial score (nSPS) is 20.0. The SMILES string of the molecule is COc1ccc(N2C(=O)C[C@@H]([NH+]3CCN(c4ccc(O)cc4)CC3)C2=O)cc1OC. The first-order chi connectivity index (χ1) is 14.5. The first kappa shape index (κ1) is 20.0. The van der Waals surface area contributed by atoms with Gasteiger partial charge in [-0.05, 0) is 36.4 Å². The molecule has 2 aromatic rings. The highest BCUT2D eigenvalue weighted by molar-refractivity contribution is 6.22. The lowest BCUT2D eigenvalue weighted by molar-refractivity contribution is -0.915. The van der Waals surface area contributed by atoms with Gasteiger partial charge in [-0.15, -0.1) is 0 Å². The maximum atomic E-state index is 13.1. The summed E-state index contributed by atoms with van der Waals surface area (Å²) in [5.41, 5.74) is 1.56. The van der Waals surface area contributed by atoms with Crippen molar-refractivity contribution < 1.29 is 29.1 Å². The molecule has 0 bridgehead atoms. The Morgan fingerprint density at radius 1 is 0.933 bits per heavy atom. The quantitative estimate of drug-likeness (QED) is 0.694. The molecule has 2 aliphatic heterocycles. The number of carbonyl (C=O) groups is 2. The van der Waals surface area contributed by atoms with Crippen LogP contribution in [0.25, 0.3) is 0 Å². The monoisotopic (exact) mass is 412 g/mol. The minimum atomic E-state index is -0.368. The number of benzene rings is 2. The van der Waals surface area contributed by atoms with Crippen molar-refractivity contribution in [2.75, 3.05) is 50.2 Å². The number of aromatic hydroxyl groups is 1. The molecule has 2 aliphatic rings. The van der Waals surface area contributed by atoms with Gasteiger partial charge < -0.3 is 24.4 Å². The second-order valence-electron chi connectivity index (χ2n) is 7.53. The molecule has 0 aliphatic carbocycles. The molecule has 2 N–H and O–H groups in total. The summed E-state index contributed by atoms with van der Waals surface area (Å²) in [5, 5.41) is 9.46. The number of ether oxygens (including phenoxy) is 2. The lowest BCUT2D eigenvalue weighted by atomic mass is 10.1. The van der Waals surface area contributed by atoms with Gasteiger partial charge in [-0.25, -0.2) is 4.90 Å². The summed E-state index contributed by atoms with van der Waals surface area (Å²) in [6, 6.07) is 11.8. The minimum Gasteiger partial charge on any atom is -0.508 e. The Bertz CT molecular complexity index is 938. The predicted octanol–water partition coefficient (Wildman–Crippen LogP) is 0.446. The lowest BCUT2D eigenvalue weighted by Crippen LogP contribution is -3.19. The topological polar surface area (TPSA) is 83.8 Å². The Balaban J connectivity index is 1.45. The molecule has 8 heteroatoms. The highest BCUT2D eigenvalue weighted by atomic mass is 16.5. The van der Waals surface area contributed by atoms with Crippen LogP contribution in [-0.4, -0.2) is 63.4 Å². The van der Waals surface area contributed by atoms with E-state index >= 15 is 0 Å². The Morgan fingerprint density at radius 2 is 1.57 bits per heavy atom. The van der Waals surface area contributed by atoms with Crippen LogP contribution in [0.1, 0.15) is 6.42 Å². The third kappa shape index (κ3) is 3.66. The second kappa shape index (κ2) is 8.23. The molecule has 2 amide bonds. The molecule has 2 aromatic carbocycles. The maximum absolute atomic E-state index is 13.1. The van der Waals surface area contributed by atoms with Crippen molar-refractivity contribution in [1.82, 2.24) is 0 Å². The molecule has 30 heavy (non-hydrogen) atoms. The number of phenolic OH excluding ortho intramolecular Hbond substituents is 1. The summed E-state index contributed by atoms with van der Waals surface area (Å²) >= 11 is 0. The Labute approximate surface area is 175 Å². The van der Waals surface area contributed by atoms with Gasteiger partial charge in [0.1, 0.15) is 5.75 Å². The molecule has 0 spiro atoms. The second-order valence-corrected chi connectivity index (χ2v) is 7.53. The third-order valence-electron chi connectivity index (χ3n) is 5.89. The molecule has 0 saturated carbocycles. The molecule has 2 heterocycles. The van der Waals surface area contributed by atoms with Crippen LogP contribution < -0.4 is 24.2 Å². The number of imide groups is 1. The summed E-state index contributed by atoms with van der Waals surface area (Å²) in [6.45, 7) is 3.11. The average molecular weight is 412 g/mol. The van der Waals surface area contributed by atoms with Gasteiger partial charge in [-0.1, -0.05) is 0 Å². The van der Waals surface area contributed by atoms with Crippen LogP contribution in [0.2, 0.25) is 0 Å². The van der Waals surface area contributed by atoms with Gasteiger partial charge in [-0.3, -0.25) is 9.59 Å². The number of piperazine rings is 1. The molecule has 2 saturated heterocycles. The van der Waals surface area contributed by atoms with Crippen LogP contribution in [0, 0.1) is 0 Å². The van der Waals surface area contributed by atoms with Gasteiger partial charge in [0, 0.05) is 11.8 Å². The third-order valence-corrected chi connectivity index (χ3v) is 5.89. The Morgan fingerprint density at radius 3 is 2.20 bits per heavy atom. The predicted molar refractivity (Wildman–Crippen MR) is 111 cm³/mol. The molecule has 4 rings (SSSR count). The van der Waals surface area contributed by atoms with E-state index < -0.39 is 0 Å². The van der Waals surface area contributed by atoms with Crippen molar-refractivity contribution in [3.8, 4) is 17.2 Å². The lowest BCUT2D eigenvalue weighted by Gasteiger charge is -2.35. The smallest absolute Gasteiger partial charge is 0.292 e. The number of quaternary nitrogens is 1. The molecule has 8 nitrogen and oxygen atoms in total. The number of anilines is 2. The number of carbonyl (C=O) groups excluding carboxylic acids is 2. The maximum Gasteiger partial charge on any atom is 0.292 e. The van der Waals surface area contributed by atoms with E-state index in [1.165, 1.54) is 12.0 Å². The summed E-state index contributed by atoms with van der Waals surface area (Å²) in [4.78, 5) is 30.5. The highest BCUT2D eigenvalue weighted by Gasteiger charge is 2.46. The van der Waals surface area contributed by atoms with Gasteiger partial charge in [0.15, 0.2) is 17.5 Å².